The summed E-state index contributed by atoms with van der Waals surface area (Å²) in [5.41, 5.74) is -1.14. The number of benzene rings is 1. The molecule has 0 bridgehead atoms. The van der Waals surface area contributed by atoms with E-state index in [1.807, 2.05) is 4.90 Å². The molecule has 138 valence electrons. The minimum Gasteiger partial charge on any atom is -0.378 e. The van der Waals surface area contributed by atoms with E-state index < -0.39 is 17.6 Å². The molecular weight excluding hydrogens is 371 g/mol. The smallest absolute Gasteiger partial charge is 0.378 e. The Morgan fingerprint density at radius 2 is 1.92 bits per heavy atom. The van der Waals surface area contributed by atoms with Gasteiger partial charge < -0.3 is 15.0 Å². The van der Waals surface area contributed by atoms with Gasteiger partial charge in [-0.25, -0.2) is 4.98 Å². The summed E-state index contributed by atoms with van der Waals surface area (Å²) in [6, 6.07) is 6.19. The number of anilines is 2. The summed E-state index contributed by atoms with van der Waals surface area (Å²) in [5, 5.41) is 2.24. The largest absolute Gasteiger partial charge is 0.418 e. The minimum atomic E-state index is -4.63. The molecule has 9 heteroatoms. The number of ether oxygens (including phenoxy) is 1. The summed E-state index contributed by atoms with van der Waals surface area (Å²) in [6.45, 7) is 2.37. The lowest BCUT2D eigenvalue weighted by atomic mass is 10.1. The molecule has 1 aliphatic heterocycles. The van der Waals surface area contributed by atoms with Crippen molar-refractivity contribution in [2.45, 2.75) is 6.18 Å². The van der Waals surface area contributed by atoms with E-state index in [9.17, 15) is 18.0 Å². The van der Waals surface area contributed by atoms with Crippen LogP contribution >= 0.6 is 11.6 Å². The molecule has 3 rings (SSSR count). The molecule has 1 N–H and O–H groups in total. The van der Waals surface area contributed by atoms with Crippen LogP contribution in [0.1, 0.15) is 15.9 Å². The number of morpholine rings is 1. The molecule has 0 aliphatic carbocycles. The van der Waals surface area contributed by atoms with Gasteiger partial charge in [0.05, 0.1) is 24.5 Å². The summed E-state index contributed by atoms with van der Waals surface area (Å²) in [7, 11) is 0. The Kier molecular flexibility index (Phi) is 5.33. The highest BCUT2D eigenvalue weighted by Gasteiger charge is 2.34. The minimum absolute atomic E-state index is 0.0613. The van der Waals surface area contributed by atoms with E-state index in [2.05, 4.69) is 10.3 Å². The van der Waals surface area contributed by atoms with Crippen molar-refractivity contribution in [2.75, 3.05) is 36.5 Å². The zero-order valence-electron chi connectivity index (χ0n) is 13.5. The molecule has 1 aliphatic rings. The summed E-state index contributed by atoms with van der Waals surface area (Å²) >= 11 is 5.65. The van der Waals surface area contributed by atoms with Crippen molar-refractivity contribution in [3.8, 4) is 0 Å². The Hall–Kier alpha value is -2.32. The number of hydrogen-bond acceptors (Lipinski definition) is 4. The molecule has 2 aromatic rings. The summed E-state index contributed by atoms with van der Waals surface area (Å²) in [6.07, 6.45) is -3.18. The Morgan fingerprint density at radius 3 is 2.62 bits per heavy atom. The maximum atomic E-state index is 13.1. The first-order chi connectivity index (χ1) is 12.3. The standard InChI is InChI=1S/C17H15ClF3N3O2/c18-12-1-2-14(13(10-12)17(19,20)21)23-16(25)11-3-4-22-15(9-11)24-5-7-26-8-6-24/h1-4,9-10H,5-8H2,(H,23,25). The van der Waals surface area contributed by atoms with Crippen molar-refractivity contribution >= 4 is 29.0 Å². The van der Waals surface area contributed by atoms with Gasteiger partial charge >= 0.3 is 6.18 Å². The number of carbonyl (C=O) groups excluding carboxylic acids is 1. The fraction of sp³-hybridized carbons (Fsp3) is 0.294. The second-order valence-electron chi connectivity index (χ2n) is 5.64. The molecule has 5 nitrogen and oxygen atoms in total. The van der Waals surface area contributed by atoms with Crippen molar-refractivity contribution in [1.82, 2.24) is 4.98 Å². The van der Waals surface area contributed by atoms with Gasteiger partial charge in [-0.3, -0.25) is 4.79 Å². The van der Waals surface area contributed by atoms with Crippen molar-refractivity contribution in [1.29, 1.82) is 0 Å². The maximum absolute atomic E-state index is 13.1. The number of nitrogens with one attached hydrogen (secondary N) is 1. The lowest BCUT2D eigenvalue weighted by Gasteiger charge is -2.27. The summed E-state index contributed by atoms with van der Waals surface area (Å²) in [4.78, 5) is 18.6. The van der Waals surface area contributed by atoms with E-state index >= 15 is 0 Å². The molecule has 1 aromatic carbocycles. The Balaban J connectivity index is 1.83. The van der Waals surface area contributed by atoms with E-state index in [1.165, 1.54) is 18.3 Å². The van der Waals surface area contributed by atoms with E-state index in [-0.39, 0.29) is 16.3 Å². The highest BCUT2D eigenvalue weighted by Crippen LogP contribution is 2.36. The Morgan fingerprint density at radius 1 is 1.19 bits per heavy atom. The normalized spacial score (nSPS) is 15.0. The van der Waals surface area contributed by atoms with Crippen LogP contribution in [0, 0.1) is 0 Å². The highest BCUT2D eigenvalue weighted by atomic mass is 35.5. The lowest BCUT2D eigenvalue weighted by Crippen LogP contribution is -2.36. The average Bonchev–Trinajstić information content (AvgIpc) is 2.63. The van der Waals surface area contributed by atoms with E-state index in [4.69, 9.17) is 16.3 Å². The quantitative estimate of drug-likeness (QED) is 0.872. The summed E-state index contributed by atoms with van der Waals surface area (Å²) < 4.78 is 44.7. The van der Waals surface area contributed by atoms with Gasteiger partial charge in [-0.15, -0.1) is 0 Å². The number of aromatic nitrogens is 1. The van der Waals surface area contributed by atoms with E-state index in [0.717, 1.165) is 12.1 Å². The first kappa shape index (κ1) is 18.5. The van der Waals surface area contributed by atoms with Crippen LogP contribution in [0.15, 0.2) is 36.5 Å². The monoisotopic (exact) mass is 385 g/mol. The molecule has 1 fully saturated rings. The molecule has 0 unspecified atom stereocenters. The van der Waals surface area contributed by atoms with Crippen LogP contribution in [-0.2, 0) is 10.9 Å². The van der Waals surface area contributed by atoms with Crippen molar-refractivity contribution in [3.05, 3.63) is 52.7 Å². The van der Waals surface area contributed by atoms with Crippen LogP contribution in [0.4, 0.5) is 24.7 Å². The fourth-order valence-corrected chi connectivity index (χ4v) is 2.75. The molecule has 2 heterocycles. The molecule has 0 spiro atoms. The number of carbonyl (C=O) groups is 1. The molecule has 0 radical (unpaired) electrons. The van der Waals surface area contributed by atoms with Crippen LogP contribution in [0.25, 0.3) is 0 Å². The third kappa shape index (κ3) is 4.25. The highest BCUT2D eigenvalue weighted by molar-refractivity contribution is 6.30. The van der Waals surface area contributed by atoms with E-state index in [1.54, 1.807) is 6.07 Å². The first-order valence-electron chi connectivity index (χ1n) is 7.81. The van der Waals surface area contributed by atoms with Gasteiger partial charge in [0.2, 0.25) is 0 Å². The number of amides is 1. The zero-order valence-corrected chi connectivity index (χ0v) is 14.3. The zero-order chi connectivity index (χ0) is 18.7. The number of rotatable bonds is 3. The van der Waals surface area contributed by atoms with Crippen LogP contribution in [0.3, 0.4) is 0 Å². The molecule has 0 atom stereocenters. The van der Waals surface area contributed by atoms with Crippen LogP contribution < -0.4 is 10.2 Å². The predicted molar refractivity (Wildman–Crippen MR) is 91.7 cm³/mol. The molecule has 26 heavy (non-hydrogen) atoms. The second kappa shape index (κ2) is 7.51. The van der Waals surface area contributed by atoms with Gasteiger partial charge in [0.25, 0.3) is 5.91 Å². The van der Waals surface area contributed by atoms with Crippen molar-refractivity contribution < 1.29 is 22.7 Å². The fourth-order valence-electron chi connectivity index (χ4n) is 2.58. The van der Waals surface area contributed by atoms with Gasteiger partial charge in [0, 0.05) is 29.9 Å². The molecule has 0 saturated carbocycles. The number of pyridine rings is 1. The number of nitrogens with zero attached hydrogens (tertiary/aromatic N) is 2. The molecule has 1 saturated heterocycles. The maximum Gasteiger partial charge on any atom is 0.418 e. The Bertz CT molecular complexity index is 808. The number of alkyl halides is 3. The topological polar surface area (TPSA) is 54.5 Å². The summed E-state index contributed by atoms with van der Waals surface area (Å²) in [5.74, 6) is -0.0807. The molecule has 1 aromatic heterocycles. The van der Waals surface area contributed by atoms with Gasteiger partial charge in [-0.2, -0.15) is 13.2 Å². The first-order valence-corrected chi connectivity index (χ1v) is 8.19. The molecular formula is C17H15ClF3N3O2. The third-order valence-corrected chi connectivity index (χ3v) is 4.11. The van der Waals surface area contributed by atoms with Crippen LogP contribution in [0.5, 0.6) is 0 Å². The van der Waals surface area contributed by atoms with Gasteiger partial charge in [-0.1, -0.05) is 11.6 Å². The number of halogens is 4. The SMILES string of the molecule is O=C(Nc1ccc(Cl)cc1C(F)(F)F)c1ccnc(N2CCOCC2)c1. The average molecular weight is 386 g/mol. The van der Waals surface area contributed by atoms with Gasteiger partial charge in [0.15, 0.2) is 0 Å². The predicted octanol–water partition coefficient (Wildman–Crippen LogP) is 3.84. The second-order valence-corrected chi connectivity index (χ2v) is 6.08. The van der Waals surface area contributed by atoms with Gasteiger partial charge in [-0.05, 0) is 30.3 Å². The molecule has 1 amide bonds. The van der Waals surface area contributed by atoms with Crippen LogP contribution in [-0.4, -0.2) is 37.2 Å². The number of hydrogen-bond donors (Lipinski definition) is 1. The third-order valence-electron chi connectivity index (χ3n) is 3.88. The van der Waals surface area contributed by atoms with Crippen molar-refractivity contribution in [2.24, 2.45) is 0 Å². The van der Waals surface area contributed by atoms with E-state index in [0.29, 0.717) is 32.1 Å². The lowest BCUT2D eigenvalue weighted by molar-refractivity contribution is -0.136. The van der Waals surface area contributed by atoms with Crippen LogP contribution in [0.2, 0.25) is 5.02 Å². The van der Waals surface area contributed by atoms with Gasteiger partial charge in [0.1, 0.15) is 5.82 Å². The van der Waals surface area contributed by atoms with Crippen molar-refractivity contribution in [3.63, 3.8) is 0 Å². The Labute approximate surface area is 152 Å².